The number of piperidine rings is 1. The molecule has 2 amide bonds. The summed E-state index contributed by atoms with van der Waals surface area (Å²) in [4.78, 5) is 29.9. The maximum Gasteiger partial charge on any atom is 0.265 e. The van der Waals surface area contributed by atoms with Gasteiger partial charge in [0.15, 0.2) is 0 Å². The summed E-state index contributed by atoms with van der Waals surface area (Å²) in [6, 6.07) is 19.9. The molecule has 3 heterocycles. The number of hydrogen-bond acceptors (Lipinski definition) is 4. The van der Waals surface area contributed by atoms with Crippen LogP contribution in [0.5, 0.6) is 0 Å². The Morgan fingerprint density at radius 3 is 2.10 bits per heavy atom. The number of aromatic nitrogens is 1. The Morgan fingerprint density at radius 1 is 0.774 bits per heavy atom. The molecule has 0 spiro atoms. The lowest BCUT2D eigenvalue weighted by Gasteiger charge is -2.46. The number of likely N-dealkylation sites (tertiary alicyclic amines) is 2. The van der Waals surface area contributed by atoms with Gasteiger partial charge in [-0.3, -0.25) is 9.59 Å². The SMILES string of the molecule is O=C(c1ccc(-c2ccccc2)cc1)N1CC(C2CCN(C(=O)c3ccns3)CC2)C1. The van der Waals surface area contributed by atoms with Crippen LogP contribution in [-0.4, -0.2) is 52.2 Å². The number of carbonyl (C=O) groups excluding carboxylic acids is 2. The largest absolute Gasteiger partial charge is 0.338 e. The maximum atomic E-state index is 12.8. The van der Waals surface area contributed by atoms with Gasteiger partial charge in [-0.2, -0.15) is 0 Å². The summed E-state index contributed by atoms with van der Waals surface area (Å²) >= 11 is 1.26. The summed E-state index contributed by atoms with van der Waals surface area (Å²) in [5, 5.41) is 0. The number of hydrogen-bond donors (Lipinski definition) is 0. The monoisotopic (exact) mass is 431 g/mol. The zero-order valence-corrected chi connectivity index (χ0v) is 18.1. The minimum Gasteiger partial charge on any atom is -0.338 e. The van der Waals surface area contributed by atoms with Crippen LogP contribution >= 0.6 is 11.5 Å². The first-order valence-electron chi connectivity index (χ1n) is 10.8. The second-order valence-corrected chi connectivity index (χ2v) is 9.25. The number of rotatable bonds is 4. The van der Waals surface area contributed by atoms with Crippen LogP contribution in [-0.2, 0) is 0 Å². The highest BCUT2D eigenvalue weighted by Crippen LogP contribution is 2.33. The van der Waals surface area contributed by atoms with E-state index < -0.39 is 0 Å². The van der Waals surface area contributed by atoms with Gasteiger partial charge in [0.2, 0.25) is 0 Å². The molecular weight excluding hydrogens is 406 g/mol. The Bertz CT molecular complexity index is 1040. The fourth-order valence-corrected chi connectivity index (χ4v) is 5.22. The Labute approximate surface area is 186 Å². The van der Waals surface area contributed by atoms with E-state index >= 15 is 0 Å². The quantitative estimate of drug-likeness (QED) is 0.614. The van der Waals surface area contributed by atoms with Crippen molar-refractivity contribution in [2.45, 2.75) is 12.8 Å². The van der Waals surface area contributed by atoms with Gasteiger partial charge in [-0.15, -0.1) is 0 Å². The molecule has 1 aromatic heterocycles. The van der Waals surface area contributed by atoms with Gasteiger partial charge in [0.1, 0.15) is 4.88 Å². The number of carbonyl (C=O) groups is 2. The van der Waals surface area contributed by atoms with Gasteiger partial charge in [-0.1, -0.05) is 42.5 Å². The molecule has 6 heteroatoms. The zero-order valence-electron chi connectivity index (χ0n) is 17.3. The molecule has 5 rings (SSSR count). The molecule has 3 aromatic rings. The van der Waals surface area contributed by atoms with Crippen LogP contribution in [0.3, 0.4) is 0 Å². The van der Waals surface area contributed by atoms with E-state index in [4.69, 9.17) is 0 Å². The fourth-order valence-electron chi connectivity index (χ4n) is 4.65. The standard InChI is InChI=1S/C25H25N3O2S/c29-24(21-8-6-19(7-9-21)18-4-2-1-3-5-18)28-16-22(17-28)20-11-14-27(15-12-20)25(30)23-10-13-26-31-23/h1-10,13,20,22H,11-12,14-17H2. The summed E-state index contributed by atoms with van der Waals surface area (Å²) in [7, 11) is 0. The van der Waals surface area contributed by atoms with Gasteiger partial charge < -0.3 is 9.80 Å². The molecule has 2 fully saturated rings. The molecule has 2 aromatic carbocycles. The highest BCUT2D eigenvalue weighted by Gasteiger charge is 2.38. The molecule has 0 atom stereocenters. The lowest BCUT2D eigenvalue weighted by Crippen LogP contribution is -2.54. The molecule has 0 N–H and O–H groups in total. The molecule has 0 radical (unpaired) electrons. The van der Waals surface area contributed by atoms with Crippen molar-refractivity contribution in [3.63, 3.8) is 0 Å². The second kappa shape index (κ2) is 8.63. The maximum absolute atomic E-state index is 12.8. The molecule has 0 unspecified atom stereocenters. The van der Waals surface area contributed by atoms with Crippen LogP contribution in [0.4, 0.5) is 0 Å². The Balaban J connectivity index is 1.12. The minimum absolute atomic E-state index is 0.102. The third-order valence-electron chi connectivity index (χ3n) is 6.58. The van der Waals surface area contributed by atoms with Gasteiger partial charge in [-0.25, -0.2) is 4.37 Å². The van der Waals surface area contributed by atoms with Crippen LogP contribution in [0.1, 0.15) is 32.9 Å². The number of nitrogens with zero attached hydrogens (tertiary/aromatic N) is 3. The summed E-state index contributed by atoms with van der Waals surface area (Å²) in [5.41, 5.74) is 3.03. The third-order valence-corrected chi connectivity index (χ3v) is 7.31. The molecule has 31 heavy (non-hydrogen) atoms. The van der Waals surface area contributed by atoms with Crippen LogP contribution in [0.2, 0.25) is 0 Å². The van der Waals surface area contributed by atoms with Crippen molar-refractivity contribution in [3.8, 4) is 11.1 Å². The van der Waals surface area contributed by atoms with Gasteiger partial charge in [0.05, 0.1) is 0 Å². The van der Waals surface area contributed by atoms with Gasteiger partial charge >= 0.3 is 0 Å². The van der Waals surface area contributed by atoms with Crippen LogP contribution in [0, 0.1) is 11.8 Å². The molecule has 2 aliphatic heterocycles. The molecular formula is C25H25N3O2S. The van der Waals surface area contributed by atoms with Crippen molar-refractivity contribution in [2.75, 3.05) is 26.2 Å². The summed E-state index contributed by atoms with van der Waals surface area (Å²) < 4.78 is 4.03. The lowest BCUT2D eigenvalue weighted by atomic mass is 9.79. The van der Waals surface area contributed by atoms with E-state index in [0.29, 0.717) is 11.8 Å². The van der Waals surface area contributed by atoms with Crippen molar-refractivity contribution in [1.29, 1.82) is 0 Å². The van der Waals surface area contributed by atoms with Gasteiger partial charge in [0, 0.05) is 37.9 Å². The van der Waals surface area contributed by atoms with E-state index in [-0.39, 0.29) is 11.8 Å². The third kappa shape index (κ3) is 4.12. The Kier molecular flexibility index (Phi) is 5.55. The first-order valence-corrected chi connectivity index (χ1v) is 11.6. The van der Waals surface area contributed by atoms with E-state index in [9.17, 15) is 9.59 Å². The molecule has 5 nitrogen and oxygen atoms in total. The first kappa shape index (κ1) is 19.9. The summed E-state index contributed by atoms with van der Waals surface area (Å²) in [6.07, 6.45) is 3.71. The van der Waals surface area contributed by atoms with Crippen LogP contribution in [0.15, 0.2) is 66.9 Å². The number of benzene rings is 2. The van der Waals surface area contributed by atoms with E-state index in [1.807, 2.05) is 52.3 Å². The van der Waals surface area contributed by atoms with Crippen molar-refractivity contribution < 1.29 is 9.59 Å². The van der Waals surface area contributed by atoms with Crippen LogP contribution < -0.4 is 0 Å². The van der Waals surface area contributed by atoms with Crippen molar-refractivity contribution in [2.24, 2.45) is 11.8 Å². The fraction of sp³-hybridized carbons (Fsp3) is 0.320. The van der Waals surface area contributed by atoms with Gasteiger partial charge in [0.25, 0.3) is 11.8 Å². The topological polar surface area (TPSA) is 53.5 Å². The second-order valence-electron chi connectivity index (χ2n) is 8.42. The Morgan fingerprint density at radius 2 is 1.45 bits per heavy atom. The average molecular weight is 432 g/mol. The number of amides is 2. The summed E-state index contributed by atoms with van der Waals surface area (Å²) in [6.45, 7) is 3.25. The first-order chi connectivity index (χ1) is 15.2. The summed E-state index contributed by atoms with van der Waals surface area (Å²) in [5.74, 6) is 1.36. The normalized spacial score (nSPS) is 17.4. The highest BCUT2D eigenvalue weighted by molar-refractivity contribution is 7.08. The zero-order chi connectivity index (χ0) is 21.2. The molecule has 0 saturated carbocycles. The Hall–Kier alpha value is -2.99. The lowest BCUT2D eigenvalue weighted by molar-refractivity contribution is 0.0229. The van der Waals surface area contributed by atoms with E-state index in [0.717, 1.165) is 60.6 Å². The van der Waals surface area contributed by atoms with Crippen molar-refractivity contribution in [1.82, 2.24) is 14.2 Å². The smallest absolute Gasteiger partial charge is 0.265 e. The van der Waals surface area contributed by atoms with Crippen LogP contribution in [0.25, 0.3) is 11.1 Å². The molecule has 0 aliphatic carbocycles. The van der Waals surface area contributed by atoms with Crippen molar-refractivity contribution in [3.05, 3.63) is 77.3 Å². The highest BCUT2D eigenvalue weighted by atomic mass is 32.1. The minimum atomic E-state index is 0.102. The van der Waals surface area contributed by atoms with Gasteiger partial charge in [-0.05, 0) is 65.5 Å². The molecule has 158 valence electrons. The predicted molar refractivity (Wildman–Crippen MR) is 122 cm³/mol. The van der Waals surface area contributed by atoms with E-state index in [1.54, 1.807) is 12.3 Å². The molecule has 2 aliphatic rings. The molecule has 0 bridgehead atoms. The van der Waals surface area contributed by atoms with Crippen molar-refractivity contribution >= 4 is 23.3 Å². The average Bonchev–Trinajstić information content (AvgIpc) is 3.34. The van der Waals surface area contributed by atoms with E-state index in [1.165, 1.54) is 11.5 Å². The molecule has 2 saturated heterocycles. The predicted octanol–water partition coefficient (Wildman–Crippen LogP) is 4.43. The van der Waals surface area contributed by atoms with E-state index in [2.05, 4.69) is 16.5 Å².